The predicted molar refractivity (Wildman–Crippen MR) is 231 cm³/mol. The number of rotatable bonds is 3. The van der Waals surface area contributed by atoms with Gasteiger partial charge in [0.05, 0.1) is 33.5 Å². The zero-order valence-electron chi connectivity index (χ0n) is 35.8. The van der Waals surface area contributed by atoms with Crippen LogP contribution >= 0.6 is 0 Å². The van der Waals surface area contributed by atoms with Gasteiger partial charge < -0.3 is 0 Å². The van der Waals surface area contributed by atoms with Crippen molar-refractivity contribution >= 4 is 21.8 Å². The molecule has 282 valence electrons. The smallest absolute Gasteiger partial charge is 0.237 e. The van der Waals surface area contributed by atoms with E-state index in [2.05, 4.69) is 174 Å². The Balaban J connectivity index is 0.000000781. The summed E-state index contributed by atoms with van der Waals surface area (Å²) < 4.78 is 11.0. The minimum Gasteiger partial charge on any atom is -0.237 e. The van der Waals surface area contributed by atoms with Gasteiger partial charge in [0.15, 0.2) is 5.69 Å². The van der Waals surface area contributed by atoms with Crippen LogP contribution in [0.5, 0.6) is 0 Å². The fourth-order valence-electron chi connectivity index (χ4n) is 5.66. The average molecular weight is 706 g/mol. The SMILES string of the molecule is CC.CC.CC.CC.CC.CC.Cc1cccc2c3ccccc3n(-c3n(C)cc[n+]3C)c12.Cc1ccccc1-c1cn(-c2ccccc2)c[n+]1C. The number of aromatic nitrogens is 5. The van der Waals surface area contributed by atoms with Crippen molar-refractivity contribution in [3.63, 3.8) is 0 Å². The molecule has 0 N–H and O–H groups in total. The van der Waals surface area contributed by atoms with Crippen molar-refractivity contribution in [3.8, 4) is 22.9 Å². The maximum atomic E-state index is 2.36. The summed E-state index contributed by atoms with van der Waals surface area (Å²) in [7, 11) is 6.27. The van der Waals surface area contributed by atoms with Gasteiger partial charge in [-0.1, -0.05) is 162 Å². The van der Waals surface area contributed by atoms with Gasteiger partial charge in [0, 0.05) is 16.3 Å². The molecule has 0 atom stereocenters. The number of hydrogen-bond donors (Lipinski definition) is 0. The molecule has 0 aliphatic carbocycles. The average Bonchev–Trinajstić information content (AvgIpc) is 3.89. The van der Waals surface area contributed by atoms with Crippen molar-refractivity contribution in [2.75, 3.05) is 0 Å². The second-order valence-electron chi connectivity index (χ2n) is 10.4. The van der Waals surface area contributed by atoms with Gasteiger partial charge in [0.1, 0.15) is 22.9 Å². The molecule has 5 nitrogen and oxygen atoms in total. The quantitative estimate of drug-likeness (QED) is 0.163. The zero-order chi connectivity index (χ0) is 39.8. The molecule has 3 heterocycles. The Kier molecular flexibility index (Phi) is 23.5. The van der Waals surface area contributed by atoms with Crippen molar-refractivity contribution in [1.82, 2.24) is 13.7 Å². The monoisotopic (exact) mass is 706 g/mol. The lowest BCUT2D eigenvalue weighted by molar-refractivity contribution is -0.664. The van der Waals surface area contributed by atoms with Crippen LogP contribution in [0.25, 0.3) is 44.7 Å². The molecule has 0 amide bonds. The summed E-state index contributed by atoms with van der Waals surface area (Å²) in [5.74, 6) is 1.16. The third kappa shape index (κ3) is 11.3. The maximum absolute atomic E-state index is 2.36. The number of fused-ring (bicyclic) bond motifs is 3. The second-order valence-corrected chi connectivity index (χ2v) is 10.4. The molecule has 0 aliphatic rings. The van der Waals surface area contributed by atoms with Gasteiger partial charge in [0.2, 0.25) is 6.33 Å². The van der Waals surface area contributed by atoms with E-state index in [-0.39, 0.29) is 0 Å². The molecule has 3 aromatic heterocycles. The Morgan fingerprint density at radius 1 is 0.519 bits per heavy atom. The van der Waals surface area contributed by atoms with Crippen molar-refractivity contribution in [1.29, 1.82) is 0 Å². The van der Waals surface area contributed by atoms with Crippen LogP contribution < -0.4 is 9.13 Å². The van der Waals surface area contributed by atoms with Crippen molar-refractivity contribution in [2.45, 2.75) is 96.9 Å². The molecule has 0 spiro atoms. The van der Waals surface area contributed by atoms with Crippen LogP contribution in [0.4, 0.5) is 0 Å². The Morgan fingerprint density at radius 2 is 1.04 bits per heavy atom. The van der Waals surface area contributed by atoms with Crippen LogP contribution in [0.15, 0.2) is 122 Å². The third-order valence-electron chi connectivity index (χ3n) is 7.66. The molecule has 0 bridgehead atoms. The first-order chi connectivity index (χ1) is 25.4. The Bertz CT molecular complexity index is 1940. The fourth-order valence-corrected chi connectivity index (χ4v) is 5.66. The van der Waals surface area contributed by atoms with Gasteiger partial charge in [-0.05, 0) is 43.2 Å². The molecule has 0 saturated heterocycles. The lowest BCUT2D eigenvalue weighted by Gasteiger charge is -2.04. The van der Waals surface area contributed by atoms with Gasteiger partial charge in [0.25, 0.3) is 0 Å². The summed E-state index contributed by atoms with van der Waals surface area (Å²) in [4.78, 5) is 0. The summed E-state index contributed by atoms with van der Waals surface area (Å²) in [5, 5.41) is 2.62. The zero-order valence-corrected chi connectivity index (χ0v) is 35.8. The second kappa shape index (κ2) is 26.0. The van der Waals surface area contributed by atoms with Crippen LogP contribution in [0.2, 0.25) is 0 Å². The molecular formula is C47H71N5+2. The van der Waals surface area contributed by atoms with E-state index in [4.69, 9.17) is 0 Å². The van der Waals surface area contributed by atoms with Crippen LogP contribution in [-0.2, 0) is 21.1 Å². The summed E-state index contributed by atoms with van der Waals surface area (Å²) in [6.45, 7) is 28.3. The van der Waals surface area contributed by atoms with E-state index >= 15 is 0 Å². The number of nitrogens with zero attached hydrogens (tertiary/aromatic N) is 5. The summed E-state index contributed by atoms with van der Waals surface area (Å²) >= 11 is 0. The first-order valence-corrected chi connectivity index (χ1v) is 19.6. The number of aryl methyl sites for hydroxylation is 5. The highest BCUT2D eigenvalue weighted by Crippen LogP contribution is 2.32. The highest BCUT2D eigenvalue weighted by atomic mass is 15.3. The molecule has 0 unspecified atom stereocenters. The molecule has 7 aromatic rings. The molecule has 0 fully saturated rings. The largest absolute Gasteiger partial charge is 0.369 e. The normalized spacial score (nSPS) is 9.25. The lowest BCUT2D eigenvalue weighted by Crippen LogP contribution is -2.32. The van der Waals surface area contributed by atoms with Gasteiger partial charge >= 0.3 is 5.95 Å². The van der Waals surface area contributed by atoms with Crippen molar-refractivity contribution in [3.05, 3.63) is 133 Å². The number of benzene rings is 4. The Labute approximate surface area is 317 Å². The van der Waals surface area contributed by atoms with E-state index in [0.717, 1.165) is 5.95 Å². The highest BCUT2D eigenvalue weighted by Gasteiger charge is 2.23. The van der Waals surface area contributed by atoms with E-state index in [0.29, 0.717) is 0 Å². The Hall–Kier alpha value is -4.90. The van der Waals surface area contributed by atoms with Crippen LogP contribution in [0.1, 0.15) is 94.2 Å². The molecule has 5 heteroatoms. The summed E-state index contributed by atoms with van der Waals surface area (Å²) in [6.07, 6.45) is 8.47. The van der Waals surface area contributed by atoms with Crippen LogP contribution in [0.3, 0.4) is 0 Å². The van der Waals surface area contributed by atoms with Gasteiger partial charge in [-0.3, -0.25) is 0 Å². The van der Waals surface area contributed by atoms with Crippen LogP contribution in [-0.4, -0.2) is 13.7 Å². The van der Waals surface area contributed by atoms with E-state index < -0.39 is 0 Å². The molecule has 0 saturated carbocycles. The summed E-state index contributed by atoms with van der Waals surface area (Å²) in [5.41, 5.74) is 8.81. The van der Waals surface area contributed by atoms with E-state index in [1.165, 1.54) is 49.9 Å². The number of imidazole rings is 2. The van der Waals surface area contributed by atoms with E-state index in [1.54, 1.807) is 0 Å². The number of hydrogen-bond acceptors (Lipinski definition) is 0. The fraction of sp³-hybridized carbons (Fsp3) is 0.362. The molecule has 4 aromatic carbocycles. The van der Waals surface area contributed by atoms with Crippen molar-refractivity contribution < 1.29 is 9.13 Å². The van der Waals surface area contributed by atoms with Gasteiger partial charge in [-0.25, -0.2) is 18.3 Å². The van der Waals surface area contributed by atoms with Crippen LogP contribution in [0, 0.1) is 13.8 Å². The number of para-hydroxylation sites is 3. The summed E-state index contributed by atoms with van der Waals surface area (Å²) in [6, 6.07) is 34.0. The molecule has 52 heavy (non-hydrogen) atoms. The Morgan fingerprint density at radius 3 is 1.62 bits per heavy atom. The molecule has 7 rings (SSSR count). The third-order valence-corrected chi connectivity index (χ3v) is 7.66. The highest BCUT2D eigenvalue weighted by molar-refractivity contribution is 6.09. The van der Waals surface area contributed by atoms with E-state index in [1.807, 2.05) is 89.2 Å². The maximum Gasteiger partial charge on any atom is 0.369 e. The minimum absolute atomic E-state index is 1.16. The van der Waals surface area contributed by atoms with Crippen molar-refractivity contribution in [2.24, 2.45) is 21.1 Å². The minimum atomic E-state index is 1.16. The topological polar surface area (TPSA) is 22.5 Å². The molecular weight excluding hydrogens is 635 g/mol. The first-order valence-electron chi connectivity index (χ1n) is 19.6. The molecule has 0 aliphatic heterocycles. The first kappa shape index (κ1) is 47.1. The standard InChI is InChI=1S/C18H18N3.C17H17N2.6C2H6/c1-13-7-6-9-15-14-8-4-5-10-16(14)21(17(13)15)18-19(2)11-12-20(18)3;1-14-8-6-7-11-16(14)17-12-19(13-18(17)2)15-9-4-3-5-10-15;6*1-2/h4-12H,1-3H3;3-13H,1-2H3;6*1-2H3/q2*+1;;;;;;. The lowest BCUT2D eigenvalue weighted by atomic mass is 10.1. The molecule has 0 radical (unpaired) electrons. The predicted octanol–water partition coefficient (Wildman–Crippen LogP) is 12.7. The van der Waals surface area contributed by atoms with E-state index in [9.17, 15) is 0 Å². The van der Waals surface area contributed by atoms with Gasteiger partial charge in [-0.2, -0.15) is 4.57 Å². The van der Waals surface area contributed by atoms with Gasteiger partial charge in [-0.15, -0.1) is 0 Å².